The third kappa shape index (κ3) is 6.84. The highest BCUT2D eigenvalue weighted by molar-refractivity contribution is 5.78. The summed E-state index contributed by atoms with van der Waals surface area (Å²) in [6, 6.07) is 0. The predicted octanol–water partition coefficient (Wildman–Crippen LogP) is 1.04. The zero-order valence-electron chi connectivity index (χ0n) is 6.96. The maximum atomic E-state index is 9.95. The lowest BCUT2D eigenvalue weighted by Crippen LogP contribution is -2.18. The summed E-state index contributed by atoms with van der Waals surface area (Å²) in [6.07, 6.45) is 6.66. The van der Waals surface area contributed by atoms with Crippen molar-refractivity contribution in [3.63, 3.8) is 0 Å². The summed E-state index contributed by atoms with van der Waals surface area (Å²) in [4.78, 5) is 9.95. The molecule has 0 amide bonds. The molecule has 2 heteroatoms. The molecule has 62 valence electrons. The molecule has 0 aromatic rings. The van der Waals surface area contributed by atoms with Crippen LogP contribution in [0, 0.1) is 0 Å². The summed E-state index contributed by atoms with van der Waals surface area (Å²) in [7, 11) is 0. The van der Waals surface area contributed by atoms with Gasteiger partial charge < -0.3 is 9.90 Å². The Kier molecular flexibility index (Phi) is 5.17. The van der Waals surface area contributed by atoms with E-state index < -0.39 is 5.97 Å². The molecule has 0 saturated carbocycles. The van der Waals surface area contributed by atoms with Gasteiger partial charge in [-0.25, -0.2) is 0 Å². The molecular formula is C9H13O2-. The number of carboxylic acids is 1. The maximum absolute atomic E-state index is 9.95. The number of carbonyl (C=O) groups excluding carboxylic acids is 1. The molecule has 0 N–H and O–H groups in total. The van der Waals surface area contributed by atoms with Crippen molar-refractivity contribution in [3.05, 3.63) is 23.8 Å². The molecule has 0 aromatic heterocycles. The van der Waals surface area contributed by atoms with Crippen molar-refractivity contribution in [3.8, 4) is 0 Å². The minimum atomic E-state index is -1.14. The Morgan fingerprint density at radius 1 is 1.45 bits per heavy atom. The van der Waals surface area contributed by atoms with Crippen LogP contribution in [-0.4, -0.2) is 5.97 Å². The summed E-state index contributed by atoms with van der Waals surface area (Å²) in [5.41, 5.74) is 0.969. The van der Waals surface area contributed by atoms with Gasteiger partial charge >= 0.3 is 0 Å². The van der Waals surface area contributed by atoms with E-state index in [4.69, 9.17) is 0 Å². The first kappa shape index (κ1) is 9.95. The first-order chi connectivity index (χ1) is 5.16. The standard InChI is InChI=1S/C9H14O2/c1-3-4-5-8(2)6-7-9(10)11/h5-7H,3-4H2,1-2H3,(H,10,11)/p-1/b7-6+,8-5+. The highest BCUT2D eigenvalue weighted by atomic mass is 16.4. The minimum absolute atomic E-state index is 0.969. The van der Waals surface area contributed by atoms with Gasteiger partial charge in [-0.1, -0.05) is 31.1 Å². The van der Waals surface area contributed by atoms with Crippen LogP contribution >= 0.6 is 0 Å². The number of hydrogen-bond acceptors (Lipinski definition) is 2. The highest BCUT2D eigenvalue weighted by Gasteiger charge is 1.80. The van der Waals surface area contributed by atoms with E-state index in [0.717, 1.165) is 24.5 Å². The molecular weight excluding hydrogens is 140 g/mol. The van der Waals surface area contributed by atoms with Crippen LogP contribution < -0.4 is 5.11 Å². The lowest BCUT2D eigenvalue weighted by atomic mass is 10.2. The SMILES string of the molecule is CCC/C=C(C)/C=C/C(=O)[O-]. The molecule has 11 heavy (non-hydrogen) atoms. The van der Waals surface area contributed by atoms with E-state index in [0.29, 0.717) is 0 Å². The van der Waals surface area contributed by atoms with Crippen LogP contribution in [-0.2, 0) is 4.79 Å². The van der Waals surface area contributed by atoms with Crippen molar-refractivity contribution in [2.75, 3.05) is 0 Å². The monoisotopic (exact) mass is 153 g/mol. The van der Waals surface area contributed by atoms with Crippen molar-refractivity contribution in [1.82, 2.24) is 0 Å². The molecule has 0 fully saturated rings. The van der Waals surface area contributed by atoms with Gasteiger partial charge in [-0.05, 0) is 19.4 Å². The Balaban J connectivity index is 3.84. The van der Waals surface area contributed by atoms with Crippen LogP contribution in [0.4, 0.5) is 0 Å². The van der Waals surface area contributed by atoms with E-state index >= 15 is 0 Å². The number of unbranched alkanes of at least 4 members (excludes halogenated alkanes) is 1. The number of allylic oxidation sites excluding steroid dienone is 3. The largest absolute Gasteiger partial charge is 0.545 e. The third-order valence-electron chi connectivity index (χ3n) is 1.24. The van der Waals surface area contributed by atoms with Gasteiger partial charge in [-0.2, -0.15) is 0 Å². The second kappa shape index (κ2) is 5.71. The van der Waals surface area contributed by atoms with Crippen molar-refractivity contribution in [2.24, 2.45) is 0 Å². The van der Waals surface area contributed by atoms with E-state index in [2.05, 4.69) is 6.92 Å². The fourth-order valence-corrected chi connectivity index (χ4v) is 0.640. The van der Waals surface area contributed by atoms with Crippen LogP contribution in [0.25, 0.3) is 0 Å². The average Bonchev–Trinajstić information content (AvgIpc) is 1.97. The van der Waals surface area contributed by atoms with E-state index in [1.54, 1.807) is 6.08 Å². The van der Waals surface area contributed by atoms with Gasteiger partial charge in [0.1, 0.15) is 0 Å². The molecule has 0 aliphatic rings. The summed E-state index contributed by atoms with van der Waals surface area (Å²) < 4.78 is 0. The fraction of sp³-hybridized carbons (Fsp3) is 0.444. The zero-order chi connectivity index (χ0) is 8.69. The highest BCUT2D eigenvalue weighted by Crippen LogP contribution is 1.98. The van der Waals surface area contributed by atoms with Crippen molar-refractivity contribution >= 4 is 5.97 Å². The number of carboxylic acid groups (broad SMARTS) is 1. The molecule has 0 aliphatic heterocycles. The molecule has 0 rings (SSSR count). The number of aliphatic carboxylic acids is 1. The molecule has 0 radical (unpaired) electrons. The summed E-state index contributed by atoms with van der Waals surface area (Å²) in [6.45, 7) is 3.95. The van der Waals surface area contributed by atoms with Gasteiger partial charge in [-0.3, -0.25) is 0 Å². The summed E-state index contributed by atoms with van der Waals surface area (Å²) in [5, 5.41) is 9.95. The first-order valence-electron chi connectivity index (χ1n) is 3.72. The van der Waals surface area contributed by atoms with Crippen LogP contribution in [0.3, 0.4) is 0 Å². The zero-order valence-corrected chi connectivity index (χ0v) is 6.96. The second-order valence-corrected chi connectivity index (χ2v) is 2.39. The molecule has 0 atom stereocenters. The average molecular weight is 153 g/mol. The Hall–Kier alpha value is -1.05. The van der Waals surface area contributed by atoms with E-state index in [1.807, 2.05) is 13.0 Å². The van der Waals surface area contributed by atoms with Gasteiger partial charge in [0.05, 0.1) is 5.97 Å². The van der Waals surface area contributed by atoms with Gasteiger partial charge in [0.2, 0.25) is 0 Å². The predicted molar refractivity (Wildman–Crippen MR) is 42.8 cm³/mol. The molecule has 0 spiro atoms. The van der Waals surface area contributed by atoms with Gasteiger partial charge in [0.25, 0.3) is 0 Å². The first-order valence-corrected chi connectivity index (χ1v) is 3.72. The Bertz CT molecular complexity index is 178. The second-order valence-electron chi connectivity index (χ2n) is 2.39. The Morgan fingerprint density at radius 2 is 2.09 bits per heavy atom. The Labute approximate surface area is 67.2 Å². The molecule has 0 unspecified atom stereocenters. The van der Waals surface area contributed by atoms with Crippen LogP contribution in [0.5, 0.6) is 0 Å². The Morgan fingerprint density at radius 3 is 2.55 bits per heavy atom. The third-order valence-corrected chi connectivity index (χ3v) is 1.24. The van der Waals surface area contributed by atoms with E-state index in [1.165, 1.54) is 0 Å². The van der Waals surface area contributed by atoms with Crippen LogP contribution in [0.1, 0.15) is 26.7 Å². The van der Waals surface area contributed by atoms with E-state index in [9.17, 15) is 9.90 Å². The van der Waals surface area contributed by atoms with Crippen molar-refractivity contribution in [1.29, 1.82) is 0 Å². The maximum Gasteiger partial charge on any atom is 0.0642 e. The lowest BCUT2D eigenvalue weighted by molar-refractivity contribution is -0.297. The number of hydrogen-bond donors (Lipinski definition) is 0. The molecule has 0 aromatic carbocycles. The number of rotatable bonds is 4. The normalized spacial score (nSPS) is 12.4. The van der Waals surface area contributed by atoms with Crippen molar-refractivity contribution in [2.45, 2.75) is 26.7 Å². The quantitative estimate of drug-likeness (QED) is 0.447. The van der Waals surface area contributed by atoms with E-state index in [-0.39, 0.29) is 0 Å². The summed E-state index contributed by atoms with van der Waals surface area (Å²) >= 11 is 0. The molecule has 0 bridgehead atoms. The van der Waals surface area contributed by atoms with Crippen LogP contribution in [0.2, 0.25) is 0 Å². The summed E-state index contributed by atoms with van der Waals surface area (Å²) in [5.74, 6) is -1.14. The van der Waals surface area contributed by atoms with Crippen LogP contribution in [0.15, 0.2) is 23.8 Å². The minimum Gasteiger partial charge on any atom is -0.545 e. The molecule has 2 nitrogen and oxygen atoms in total. The molecule has 0 saturated heterocycles. The fourth-order valence-electron chi connectivity index (χ4n) is 0.640. The molecule has 0 heterocycles. The van der Waals surface area contributed by atoms with Gasteiger partial charge in [0.15, 0.2) is 0 Å². The van der Waals surface area contributed by atoms with Gasteiger partial charge in [-0.15, -0.1) is 0 Å². The van der Waals surface area contributed by atoms with Crippen molar-refractivity contribution < 1.29 is 9.90 Å². The number of carbonyl (C=O) groups is 1. The van der Waals surface area contributed by atoms with Gasteiger partial charge in [0, 0.05) is 0 Å². The topological polar surface area (TPSA) is 40.1 Å². The smallest absolute Gasteiger partial charge is 0.0642 e. The molecule has 0 aliphatic carbocycles. The lowest BCUT2D eigenvalue weighted by Gasteiger charge is -1.92.